The molecule has 2 rings (SSSR count). The summed E-state index contributed by atoms with van der Waals surface area (Å²) in [5.74, 6) is 0. The quantitative estimate of drug-likeness (QED) is 0.871. The first kappa shape index (κ1) is 12.1. The van der Waals surface area contributed by atoms with E-state index in [1.165, 1.54) is 5.56 Å². The van der Waals surface area contributed by atoms with Gasteiger partial charge in [0.15, 0.2) is 0 Å². The highest BCUT2D eigenvalue weighted by Crippen LogP contribution is 2.20. The molecule has 4 heteroatoms. The molecule has 2 N–H and O–H groups in total. The fourth-order valence-electron chi connectivity index (χ4n) is 1.84. The summed E-state index contributed by atoms with van der Waals surface area (Å²) < 4.78 is 0. The van der Waals surface area contributed by atoms with E-state index in [0.29, 0.717) is 0 Å². The zero-order chi connectivity index (χ0) is 12.3. The number of nitrogens with zero attached hydrogens (tertiary/aromatic N) is 1. The maximum atomic E-state index is 5.98. The molecule has 1 aromatic heterocycles. The van der Waals surface area contributed by atoms with Crippen molar-refractivity contribution in [3.05, 3.63) is 52.8 Å². The third-order valence-electron chi connectivity index (χ3n) is 2.84. The largest absolute Gasteiger partial charge is 0.302 e. The molecular formula is C13H16ClN3. The van der Waals surface area contributed by atoms with Crippen LogP contribution >= 0.6 is 11.6 Å². The van der Waals surface area contributed by atoms with E-state index in [0.717, 1.165) is 10.7 Å². The lowest BCUT2D eigenvalue weighted by atomic mass is 10.1. The van der Waals surface area contributed by atoms with Gasteiger partial charge in [0.05, 0.1) is 5.69 Å². The SMILES string of the molecule is CC(N[C@@H](C)c1cccc(Cl)c1)c1ccn[nH]1. The molecule has 3 nitrogen and oxygen atoms in total. The molecule has 0 aliphatic heterocycles. The Kier molecular flexibility index (Phi) is 3.82. The minimum Gasteiger partial charge on any atom is -0.302 e. The van der Waals surface area contributed by atoms with Gasteiger partial charge in [0.25, 0.3) is 0 Å². The van der Waals surface area contributed by atoms with Gasteiger partial charge in [0.1, 0.15) is 0 Å². The number of rotatable bonds is 4. The van der Waals surface area contributed by atoms with E-state index < -0.39 is 0 Å². The third-order valence-corrected chi connectivity index (χ3v) is 3.07. The molecule has 0 aliphatic rings. The summed E-state index contributed by atoms with van der Waals surface area (Å²) in [6, 6.07) is 10.4. The van der Waals surface area contributed by atoms with E-state index in [4.69, 9.17) is 11.6 Å². The van der Waals surface area contributed by atoms with Gasteiger partial charge >= 0.3 is 0 Å². The number of aromatic nitrogens is 2. The van der Waals surface area contributed by atoms with Gasteiger partial charge in [-0.15, -0.1) is 0 Å². The monoisotopic (exact) mass is 249 g/mol. The van der Waals surface area contributed by atoms with Crippen molar-refractivity contribution in [1.29, 1.82) is 0 Å². The molecule has 0 saturated carbocycles. The van der Waals surface area contributed by atoms with Crippen LogP contribution in [0.1, 0.15) is 37.2 Å². The van der Waals surface area contributed by atoms with E-state index >= 15 is 0 Å². The van der Waals surface area contributed by atoms with Crippen molar-refractivity contribution in [3.63, 3.8) is 0 Å². The Morgan fingerprint density at radius 1 is 1.24 bits per heavy atom. The molecule has 2 aromatic rings. The van der Waals surface area contributed by atoms with E-state index in [2.05, 4.69) is 35.4 Å². The first-order valence-electron chi connectivity index (χ1n) is 5.67. The van der Waals surface area contributed by atoms with Crippen molar-refractivity contribution < 1.29 is 0 Å². The predicted octanol–water partition coefficient (Wildman–Crippen LogP) is 3.47. The van der Waals surface area contributed by atoms with Gasteiger partial charge in [0, 0.05) is 23.3 Å². The third kappa shape index (κ3) is 3.08. The molecule has 17 heavy (non-hydrogen) atoms. The Balaban J connectivity index is 2.04. The van der Waals surface area contributed by atoms with Gasteiger partial charge in [0.2, 0.25) is 0 Å². The lowest BCUT2D eigenvalue weighted by Crippen LogP contribution is -2.22. The zero-order valence-corrected chi connectivity index (χ0v) is 10.7. The summed E-state index contributed by atoms with van der Waals surface area (Å²) in [4.78, 5) is 0. The first-order valence-corrected chi connectivity index (χ1v) is 6.05. The number of hydrogen-bond acceptors (Lipinski definition) is 2. The molecule has 0 spiro atoms. The second-order valence-electron chi connectivity index (χ2n) is 4.18. The Labute approximate surface area is 106 Å². The van der Waals surface area contributed by atoms with Crippen LogP contribution in [0, 0.1) is 0 Å². The molecule has 1 unspecified atom stereocenters. The molecule has 90 valence electrons. The summed E-state index contributed by atoms with van der Waals surface area (Å²) in [5, 5.41) is 11.2. The molecule has 1 heterocycles. The van der Waals surface area contributed by atoms with E-state index in [1.807, 2.05) is 24.3 Å². The summed E-state index contributed by atoms with van der Waals surface area (Å²) in [7, 11) is 0. The minimum absolute atomic E-state index is 0.228. The van der Waals surface area contributed by atoms with Gasteiger partial charge in [-0.05, 0) is 37.6 Å². The van der Waals surface area contributed by atoms with Gasteiger partial charge in [-0.3, -0.25) is 5.10 Å². The fourth-order valence-corrected chi connectivity index (χ4v) is 2.04. The Morgan fingerprint density at radius 2 is 2.06 bits per heavy atom. The Morgan fingerprint density at radius 3 is 2.71 bits per heavy atom. The molecular weight excluding hydrogens is 234 g/mol. The number of aromatic amines is 1. The number of benzene rings is 1. The van der Waals surface area contributed by atoms with Crippen LogP contribution < -0.4 is 5.32 Å². The van der Waals surface area contributed by atoms with Crippen molar-refractivity contribution in [1.82, 2.24) is 15.5 Å². The average Bonchev–Trinajstić information content (AvgIpc) is 2.82. The van der Waals surface area contributed by atoms with Crippen LogP contribution in [0.15, 0.2) is 36.5 Å². The highest BCUT2D eigenvalue weighted by atomic mass is 35.5. The summed E-state index contributed by atoms with van der Waals surface area (Å²) in [6.45, 7) is 4.23. The van der Waals surface area contributed by atoms with Crippen LogP contribution in [-0.4, -0.2) is 10.2 Å². The number of nitrogens with one attached hydrogen (secondary N) is 2. The van der Waals surface area contributed by atoms with Crippen molar-refractivity contribution in [2.45, 2.75) is 25.9 Å². The summed E-state index contributed by atoms with van der Waals surface area (Å²) in [5.41, 5.74) is 2.27. The van der Waals surface area contributed by atoms with Crippen LogP contribution in [0.5, 0.6) is 0 Å². The van der Waals surface area contributed by atoms with E-state index in [-0.39, 0.29) is 12.1 Å². The topological polar surface area (TPSA) is 40.7 Å². The smallest absolute Gasteiger partial charge is 0.0518 e. The van der Waals surface area contributed by atoms with Crippen molar-refractivity contribution in [2.75, 3.05) is 0 Å². The molecule has 1 aromatic carbocycles. The lowest BCUT2D eigenvalue weighted by molar-refractivity contribution is 0.486. The highest BCUT2D eigenvalue weighted by Gasteiger charge is 2.11. The standard InChI is InChI=1S/C13H16ClN3/c1-9(11-4-3-5-12(14)8-11)16-10(2)13-6-7-15-17-13/h3-10,16H,1-2H3,(H,15,17)/t9-,10?/m0/s1. The number of hydrogen-bond donors (Lipinski definition) is 2. The molecule has 2 atom stereocenters. The molecule has 0 bridgehead atoms. The van der Waals surface area contributed by atoms with Crippen LogP contribution in [0.2, 0.25) is 5.02 Å². The minimum atomic E-state index is 0.228. The second kappa shape index (κ2) is 5.34. The molecule has 0 radical (unpaired) electrons. The van der Waals surface area contributed by atoms with Crippen molar-refractivity contribution in [2.24, 2.45) is 0 Å². The number of halogens is 1. The molecule has 0 saturated heterocycles. The maximum absolute atomic E-state index is 5.98. The first-order chi connectivity index (χ1) is 8.16. The Bertz CT molecular complexity index is 467. The van der Waals surface area contributed by atoms with Crippen LogP contribution in [0.25, 0.3) is 0 Å². The predicted molar refractivity (Wildman–Crippen MR) is 70.0 cm³/mol. The Hall–Kier alpha value is -1.32. The molecule has 0 aliphatic carbocycles. The fraction of sp³-hybridized carbons (Fsp3) is 0.308. The van der Waals surface area contributed by atoms with Gasteiger partial charge < -0.3 is 5.32 Å². The average molecular weight is 250 g/mol. The van der Waals surface area contributed by atoms with E-state index in [1.54, 1.807) is 6.20 Å². The highest BCUT2D eigenvalue weighted by molar-refractivity contribution is 6.30. The van der Waals surface area contributed by atoms with Crippen LogP contribution in [0.4, 0.5) is 0 Å². The van der Waals surface area contributed by atoms with Gasteiger partial charge in [-0.25, -0.2) is 0 Å². The van der Waals surface area contributed by atoms with Crippen LogP contribution in [0.3, 0.4) is 0 Å². The molecule has 0 amide bonds. The zero-order valence-electron chi connectivity index (χ0n) is 9.94. The number of H-pyrrole nitrogens is 1. The summed E-state index contributed by atoms with van der Waals surface area (Å²) >= 11 is 5.98. The summed E-state index contributed by atoms with van der Waals surface area (Å²) in [6.07, 6.45) is 1.76. The van der Waals surface area contributed by atoms with Gasteiger partial charge in [-0.1, -0.05) is 23.7 Å². The van der Waals surface area contributed by atoms with Crippen molar-refractivity contribution >= 4 is 11.6 Å². The second-order valence-corrected chi connectivity index (χ2v) is 4.61. The van der Waals surface area contributed by atoms with E-state index in [9.17, 15) is 0 Å². The maximum Gasteiger partial charge on any atom is 0.0518 e. The van der Waals surface area contributed by atoms with Gasteiger partial charge in [-0.2, -0.15) is 5.10 Å². The van der Waals surface area contributed by atoms with Crippen molar-refractivity contribution in [3.8, 4) is 0 Å². The lowest BCUT2D eigenvalue weighted by Gasteiger charge is -2.19. The molecule has 0 fully saturated rings. The normalized spacial score (nSPS) is 14.5. The van der Waals surface area contributed by atoms with Crippen LogP contribution in [-0.2, 0) is 0 Å².